The van der Waals surface area contributed by atoms with Crippen molar-refractivity contribution in [2.75, 3.05) is 0 Å². The Hall–Kier alpha value is -3.23. The molecule has 0 saturated carbocycles. The lowest BCUT2D eigenvalue weighted by Crippen LogP contribution is -2.25. The fraction of sp³-hybridized carbons (Fsp3) is 0.188. The van der Waals surface area contributed by atoms with E-state index in [2.05, 4.69) is 20.4 Å². The number of amides is 2. The number of carbonyl (C=O) groups excluding carboxylic acids is 2. The molecule has 0 saturated heterocycles. The SMILES string of the molecule is O=C(Cc1ccc(F)cc1F)NCc1nc(C2C=CC=NC2=O)no1. The number of hydrogen-bond donors (Lipinski definition) is 1. The van der Waals surface area contributed by atoms with E-state index in [0.29, 0.717) is 6.07 Å². The molecule has 2 amide bonds. The van der Waals surface area contributed by atoms with Gasteiger partial charge in [-0.3, -0.25) is 9.59 Å². The van der Waals surface area contributed by atoms with Crippen LogP contribution >= 0.6 is 0 Å². The van der Waals surface area contributed by atoms with Crippen molar-refractivity contribution in [3.8, 4) is 0 Å². The smallest absolute Gasteiger partial charge is 0.260 e. The highest BCUT2D eigenvalue weighted by molar-refractivity contribution is 5.96. The molecule has 1 unspecified atom stereocenters. The number of halogens is 2. The number of rotatable bonds is 5. The molecule has 128 valence electrons. The van der Waals surface area contributed by atoms with Gasteiger partial charge in [-0.1, -0.05) is 17.3 Å². The molecule has 0 bridgehead atoms. The van der Waals surface area contributed by atoms with Gasteiger partial charge in [-0.25, -0.2) is 13.8 Å². The first-order valence-electron chi connectivity index (χ1n) is 7.31. The van der Waals surface area contributed by atoms with E-state index in [9.17, 15) is 18.4 Å². The Morgan fingerprint density at radius 3 is 2.92 bits per heavy atom. The molecule has 25 heavy (non-hydrogen) atoms. The van der Waals surface area contributed by atoms with Crippen LogP contribution in [0.3, 0.4) is 0 Å². The van der Waals surface area contributed by atoms with Crippen LogP contribution < -0.4 is 5.32 Å². The van der Waals surface area contributed by atoms with Gasteiger partial charge in [-0.15, -0.1) is 0 Å². The lowest BCUT2D eigenvalue weighted by Gasteiger charge is -2.05. The molecule has 1 aliphatic rings. The minimum absolute atomic E-state index is 0.0703. The quantitative estimate of drug-likeness (QED) is 0.884. The third kappa shape index (κ3) is 4.00. The van der Waals surface area contributed by atoms with E-state index in [0.717, 1.165) is 6.07 Å². The molecule has 0 aliphatic carbocycles. The predicted octanol–water partition coefficient (Wildman–Crippen LogP) is 1.46. The Bertz CT molecular complexity index is 876. The summed E-state index contributed by atoms with van der Waals surface area (Å²) in [6.45, 7) is -0.0808. The molecule has 0 spiro atoms. The van der Waals surface area contributed by atoms with E-state index in [4.69, 9.17) is 4.52 Å². The average molecular weight is 346 g/mol. The number of nitrogens with one attached hydrogen (secondary N) is 1. The summed E-state index contributed by atoms with van der Waals surface area (Å²) in [7, 11) is 0. The molecule has 7 nitrogen and oxygen atoms in total. The van der Waals surface area contributed by atoms with Crippen LogP contribution in [-0.4, -0.2) is 28.2 Å². The fourth-order valence-electron chi connectivity index (χ4n) is 2.18. The van der Waals surface area contributed by atoms with Crippen LogP contribution in [0.4, 0.5) is 8.78 Å². The highest BCUT2D eigenvalue weighted by Gasteiger charge is 2.24. The number of allylic oxidation sites excluding steroid dienone is 1. The fourth-order valence-corrected chi connectivity index (χ4v) is 2.18. The lowest BCUT2D eigenvalue weighted by molar-refractivity contribution is -0.121. The number of aromatic nitrogens is 2. The molecule has 1 atom stereocenters. The standard InChI is InChI=1S/C16H12F2N4O3/c17-10-4-3-9(12(18)7-10)6-13(23)20-8-14-21-15(22-25-14)11-2-1-5-19-16(11)24/h1-5,7,11H,6,8H2,(H,20,23). The summed E-state index contributed by atoms with van der Waals surface area (Å²) in [6.07, 6.45) is 4.29. The Morgan fingerprint density at radius 2 is 2.16 bits per heavy atom. The van der Waals surface area contributed by atoms with Gasteiger partial charge in [-0.2, -0.15) is 4.98 Å². The largest absolute Gasteiger partial charge is 0.347 e. The molecule has 2 aromatic rings. The summed E-state index contributed by atoms with van der Waals surface area (Å²) in [5.41, 5.74) is 0.0703. The van der Waals surface area contributed by atoms with Gasteiger partial charge in [0.15, 0.2) is 5.82 Å². The first-order chi connectivity index (χ1) is 12.0. The number of hydrogen-bond acceptors (Lipinski definition) is 5. The zero-order valence-corrected chi connectivity index (χ0v) is 12.8. The van der Waals surface area contributed by atoms with Gasteiger partial charge >= 0.3 is 0 Å². The summed E-state index contributed by atoms with van der Waals surface area (Å²) < 4.78 is 31.3. The zero-order valence-electron chi connectivity index (χ0n) is 12.8. The summed E-state index contributed by atoms with van der Waals surface area (Å²) in [5, 5.41) is 6.18. The minimum atomic E-state index is -0.793. The Morgan fingerprint density at radius 1 is 1.32 bits per heavy atom. The molecule has 2 heterocycles. The van der Waals surface area contributed by atoms with Crippen molar-refractivity contribution in [2.45, 2.75) is 18.9 Å². The maximum atomic E-state index is 13.5. The highest BCUT2D eigenvalue weighted by Crippen LogP contribution is 2.18. The van der Waals surface area contributed by atoms with Crippen molar-refractivity contribution >= 4 is 18.0 Å². The van der Waals surface area contributed by atoms with E-state index in [1.165, 1.54) is 12.3 Å². The Labute approximate surface area is 140 Å². The van der Waals surface area contributed by atoms with Gasteiger partial charge in [0.25, 0.3) is 5.91 Å². The highest BCUT2D eigenvalue weighted by atomic mass is 19.1. The maximum Gasteiger partial charge on any atom is 0.260 e. The molecule has 3 rings (SSSR count). The number of benzene rings is 1. The van der Waals surface area contributed by atoms with Gasteiger partial charge in [0.1, 0.15) is 17.6 Å². The molecular weight excluding hydrogens is 334 g/mol. The van der Waals surface area contributed by atoms with Crippen LogP contribution in [-0.2, 0) is 22.6 Å². The number of carbonyl (C=O) groups is 2. The molecule has 9 heteroatoms. The van der Waals surface area contributed by atoms with Crippen molar-refractivity contribution in [1.82, 2.24) is 15.5 Å². The van der Waals surface area contributed by atoms with Crippen LogP contribution in [0.2, 0.25) is 0 Å². The third-order valence-corrected chi connectivity index (χ3v) is 3.42. The van der Waals surface area contributed by atoms with Crippen LogP contribution in [0.15, 0.2) is 39.9 Å². The molecule has 0 radical (unpaired) electrons. The lowest BCUT2D eigenvalue weighted by atomic mass is 10.1. The first-order valence-corrected chi connectivity index (χ1v) is 7.31. The zero-order chi connectivity index (χ0) is 17.8. The van der Waals surface area contributed by atoms with Crippen LogP contribution in [0, 0.1) is 11.6 Å². The van der Waals surface area contributed by atoms with Crippen molar-refractivity contribution < 1.29 is 22.9 Å². The molecule has 1 aliphatic heterocycles. The summed E-state index contributed by atoms with van der Waals surface area (Å²) in [6, 6.07) is 2.99. The average Bonchev–Trinajstić information content (AvgIpc) is 3.05. The van der Waals surface area contributed by atoms with Crippen molar-refractivity contribution in [3.63, 3.8) is 0 Å². The molecule has 1 aromatic heterocycles. The normalized spacial score (nSPS) is 16.2. The van der Waals surface area contributed by atoms with Gasteiger partial charge in [-0.05, 0) is 17.7 Å². The monoisotopic (exact) mass is 346 g/mol. The summed E-state index contributed by atoms with van der Waals surface area (Å²) >= 11 is 0. The minimum Gasteiger partial charge on any atom is -0.347 e. The second-order valence-electron chi connectivity index (χ2n) is 5.21. The second kappa shape index (κ2) is 7.12. The van der Waals surface area contributed by atoms with Crippen LogP contribution in [0.25, 0.3) is 0 Å². The molecule has 0 fully saturated rings. The van der Waals surface area contributed by atoms with E-state index in [1.807, 2.05) is 0 Å². The Balaban J connectivity index is 1.57. The van der Waals surface area contributed by atoms with E-state index >= 15 is 0 Å². The van der Waals surface area contributed by atoms with E-state index in [1.54, 1.807) is 12.2 Å². The van der Waals surface area contributed by atoms with Gasteiger partial charge in [0.05, 0.1) is 13.0 Å². The van der Waals surface area contributed by atoms with Crippen LogP contribution in [0.1, 0.15) is 23.2 Å². The number of aliphatic imine (C=N–C) groups is 1. The van der Waals surface area contributed by atoms with E-state index in [-0.39, 0.29) is 30.2 Å². The maximum absolute atomic E-state index is 13.5. The topological polar surface area (TPSA) is 97.5 Å². The van der Waals surface area contributed by atoms with Gasteiger partial charge in [0.2, 0.25) is 11.8 Å². The van der Waals surface area contributed by atoms with Crippen molar-refractivity contribution in [1.29, 1.82) is 0 Å². The predicted molar refractivity (Wildman–Crippen MR) is 81.6 cm³/mol. The second-order valence-corrected chi connectivity index (χ2v) is 5.21. The Kier molecular flexibility index (Phi) is 4.73. The van der Waals surface area contributed by atoms with Crippen molar-refractivity contribution in [3.05, 3.63) is 59.3 Å². The number of dihydropyridines is 1. The van der Waals surface area contributed by atoms with Gasteiger partial charge in [0, 0.05) is 12.3 Å². The first kappa shape index (κ1) is 16.6. The van der Waals surface area contributed by atoms with E-state index < -0.39 is 29.4 Å². The summed E-state index contributed by atoms with van der Waals surface area (Å²) in [4.78, 5) is 31.1. The molecule has 1 aromatic carbocycles. The molecule has 1 N–H and O–H groups in total. The third-order valence-electron chi connectivity index (χ3n) is 3.42. The molecular formula is C16H12F2N4O3. The van der Waals surface area contributed by atoms with Crippen LogP contribution in [0.5, 0.6) is 0 Å². The number of nitrogens with zero attached hydrogens (tertiary/aromatic N) is 3. The summed E-state index contributed by atoms with van der Waals surface area (Å²) in [5.74, 6) is -2.89. The van der Waals surface area contributed by atoms with Crippen molar-refractivity contribution in [2.24, 2.45) is 4.99 Å². The van der Waals surface area contributed by atoms with Gasteiger partial charge < -0.3 is 9.84 Å².